The second-order valence-corrected chi connectivity index (χ2v) is 11.0. The molecule has 0 spiro atoms. The summed E-state index contributed by atoms with van der Waals surface area (Å²) in [4.78, 5) is 73.0. The molecule has 14 heteroatoms. The molecule has 1 aromatic heterocycles. The van der Waals surface area contributed by atoms with E-state index in [2.05, 4.69) is 36.6 Å². The molecule has 0 fully saturated rings. The quantitative estimate of drug-likeness (QED) is 0.136. The fourth-order valence-electron chi connectivity index (χ4n) is 3.88. The third kappa shape index (κ3) is 12.0. The zero-order valence-corrected chi connectivity index (χ0v) is 26.7. The number of hydrogen-bond donors (Lipinski definition) is 5. The number of hydrogen-bond acceptors (Lipinski definition) is 10. The minimum absolute atomic E-state index is 0.172. The summed E-state index contributed by atoms with van der Waals surface area (Å²) < 4.78 is 4.84. The van der Waals surface area contributed by atoms with Crippen LogP contribution in [-0.2, 0) is 23.9 Å². The molecule has 0 aliphatic heterocycles. The van der Waals surface area contributed by atoms with Gasteiger partial charge in [-0.1, -0.05) is 32.0 Å². The van der Waals surface area contributed by atoms with Crippen molar-refractivity contribution in [3.8, 4) is 0 Å². The predicted octanol–water partition coefficient (Wildman–Crippen LogP) is 1.83. The number of rotatable bonds is 16. The number of anilines is 1. The lowest BCUT2D eigenvalue weighted by Gasteiger charge is -2.25. The van der Waals surface area contributed by atoms with E-state index in [0.29, 0.717) is 22.7 Å². The Morgan fingerprint density at radius 1 is 0.977 bits per heavy atom. The number of aryl methyl sites for hydroxylation is 2. The minimum atomic E-state index is -1.05. The van der Waals surface area contributed by atoms with E-state index in [1.54, 1.807) is 71.0 Å². The van der Waals surface area contributed by atoms with Gasteiger partial charge in [0, 0.05) is 23.2 Å². The van der Waals surface area contributed by atoms with E-state index in [0.717, 1.165) is 0 Å². The van der Waals surface area contributed by atoms with Crippen molar-refractivity contribution in [3.05, 3.63) is 65.2 Å². The summed E-state index contributed by atoms with van der Waals surface area (Å²) in [6.07, 6.45) is 3.35. The van der Waals surface area contributed by atoms with Gasteiger partial charge in [0.2, 0.25) is 17.8 Å². The largest absolute Gasteiger partial charge is 0.465 e. The van der Waals surface area contributed by atoms with Gasteiger partial charge in [0.15, 0.2) is 0 Å². The van der Waals surface area contributed by atoms with E-state index < -0.39 is 41.7 Å². The molecule has 0 bridgehead atoms. The van der Waals surface area contributed by atoms with Crippen molar-refractivity contribution >= 4 is 47.3 Å². The van der Waals surface area contributed by atoms with E-state index in [9.17, 15) is 24.0 Å². The van der Waals surface area contributed by atoms with Gasteiger partial charge >= 0.3 is 5.97 Å². The number of nitrogens with zero attached hydrogens (tertiary/aromatic N) is 2. The van der Waals surface area contributed by atoms with Gasteiger partial charge in [0.05, 0.1) is 6.61 Å². The highest BCUT2D eigenvalue weighted by Crippen LogP contribution is 2.09. The molecule has 13 nitrogen and oxygen atoms in total. The van der Waals surface area contributed by atoms with Gasteiger partial charge < -0.3 is 31.3 Å². The lowest BCUT2D eigenvalue weighted by Crippen LogP contribution is -2.56. The number of benzene rings is 1. The smallest absolute Gasteiger partial charge is 0.325 e. The van der Waals surface area contributed by atoms with Crippen LogP contribution in [0.2, 0.25) is 0 Å². The normalized spacial score (nSPS) is 12.5. The van der Waals surface area contributed by atoms with E-state index in [-0.39, 0.29) is 37.1 Å². The van der Waals surface area contributed by atoms with Crippen molar-refractivity contribution in [2.75, 3.05) is 30.5 Å². The number of thioether (sulfide) groups is 1. The Labute approximate surface area is 261 Å². The summed E-state index contributed by atoms with van der Waals surface area (Å²) in [6.45, 7) is 8.56. The molecule has 2 unspecified atom stereocenters. The van der Waals surface area contributed by atoms with Crippen LogP contribution < -0.4 is 26.6 Å². The Hall–Kier alpha value is -4.46. The van der Waals surface area contributed by atoms with E-state index in [4.69, 9.17) is 4.74 Å². The van der Waals surface area contributed by atoms with Crippen molar-refractivity contribution in [1.82, 2.24) is 31.2 Å². The molecule has 1 aromatic carbocycles. The number of aromatic nitrogens is 2. The van der Waals surface area contributed by atoms with Crippen LogP contribution in [0.25, 0.3) is 0 Å². The monoisotopic (exact) mass is 627 g/mol. The molecule has 2 aromatic rings. The van der Waals surface area contributed by atoms with Crippen molar-refractivity contribution < 1.29 is 28.7 Å². The molecule has 0 radical (unpaired) electrons. The Kier molecular flexibility index (Phi) is 14.8. The first-order valence-electron chi connectivity index (χ1n) is 14.1. The number of carbonyl (C=O) groups excluding carboxylic acids is 5. The van der Waals surface area contributed by atoms with Gasteiger partial charge in [0.25, 0.3) is 11.8 Å². The van der Waals surface area contributed by atoms with Gasteiger partial charge in [-0.25, -0.2) is 9.97 Å². The van der Waals surface area contributed by atoms with Crippen LogP contribution in [0.5, 0.6) is 0 Å². The van der Waals surface area contributed by atoms with Crippen LogP contribution in [0.4, 0.5) is 5.95 Å². The number of nitrogens with one attached hydrogen (secondary N) is 5. The lowest BCUT2D eigenvalue weighted by molar-refractivity contribution is -0.143. The van der Waals surface area contributed by atoms with E-state index in [1.807, 2.05) is 6.26 Å². The van der Waals surface area contributed by atoms with Crippen LogP contribution in [0.15, 0.2) is 48.3 Å². The molecule has 0 aliphatic carbocycles. The maximum Gasteiger partial charge on any atom is 0.325 e. The van der Waals surface area contributed by atoms with Gasteiger partial charge in [-0.05, 0) is 63.3 Å². The third-order valence-corrected chi connectivity index (χ3v) is 6.69. The molecule has 0 saturated heterocycles. The van der Waals surface area contributed by atoms with Gasteiger partial charge in [-0.3, -0.25) is 24.0 Å². The number of carbonyl (C=O) groups is 5. The highest BCUT2D eigenvalue weighted by molar-refractivity contribution is 7.98. The predicted molar refractivity (Wildman–Crippen MR) is 168 cm³/mol. The van der Waals surface area contributed by atoms with E-state index >= 15 is 0 Å². The Morgan fingerprint density at radius 2 is 1.64 bits per heavy atom. The van der Waals surface area contributed by atoms with Gasteiger partial charge in [-0.2, -0.15) is 11.8 Å². The molecular weight excluding hydrogens is 586 g/mol. The van der Waals surface area contributed by atoms with Crippen LogP contribution in [-0.4, -0.2) is 76.8 Å². The zero-order chi connectivity index (χ0) is 32.6. The molecule has 2 atom stereocenters. The van der Waals surface area contributed by atoms with Gasteiger partial charge in [-0.15, -0.1) is 0 Å². The summed E-state index contributed by atoms with van der Waals surface area (Å²) in [5.74, 6) is -2.66. The third-order valence-electron chi connectivity index (χ3n) is 6.05. The Balaban J connectivity index is 2.28. The zero-order valence-electron chi connectivity index (χ0n) is 25.9. The van der Waals surface area contributed by atoms with Crippen molar-refractivity contribution in [3.63, 3.8) is 0 Å². The van der Waals surface area contributed by atoms with Gasteiger partial charge in [0.1, 0.15) is 24.3 Å². The SMILES string of the molecule is CCOC(=O)CNC(=O)C(NC(=O)C(CCSC)NC(=O)/C(=C/Nc1nc(C)cc(C)n1)NC(=O)c1ccccc1)C(C)C. The summed E-state index contributed by atoms with van der Waals surface area (Å²) in [5.41, 5.74) is 1.54. The highest BCUT2D eigenvalue weighted by Gasteiger charge is 2.30. The molecule has 2 rings (SSSR count). The molecule has 5 N–H and O–H groups in total. The molecule has 238 valence electrons. The molecule has 0 saturated carbocycles. The van der Waals surface area contributed by atoms with Crippen LogP contribution in [0.3, 0.4) is 0 Å². The second kappa shape index (κ2) is 18.3. The molecular formula is C30H41N7O6S. The molecule has 4 amide bonds. The Morgan fingerprint density at radius 3 is 2.23 bits per heavy atom. The number of esters is 1. The van der Waals surface area contributed by atoms with Crippen LogP contribution >= 0.6 is 11.8 Å². The molecule has 0 aliphatic rings. The topological polar surface area (TPSA) is 181 Å². The molecule has 1 heterocycles. The summed E-state index contributed by atoms with van der Waals surface area (Å²) in [5, 5.41) is 13.3. The summed E-state index contributed by atoms with van der Waals surface area (Å²) in [6, 6.07) is 8.09. The Bertz CT molecular complexity index is 1320. The second-order valence-electron chi connectivity index (χ2n) is 10.1. The highest BCUT2D eigenvalue weighted by atomic mass is 32.2. The van der Waals surface area contributed by atoms with Crippen LogP contribution in [0.1, 0.15) is 48.9 Å². The summed E-state index contributed by atoms with van der Waals surface area (Å²) >= 11 is 1.47. The average Bonchev–Trinajstić information content (AvgIpc) is 2.98. The number of ether oxygens (including phenoxy) is 1. The minimum Gasteiger partial charge on any atom is -0.465 e. The first-order chi connectivity index (χ1) is 20.9. The van der Waals surface area contributed by atoms with Crippen LogP contribution in [0, 0.1) is 19.8 Å². The summed E-state index contributed by atoms with van der Waals surface area (Å²) in [7, 11) is 0. The maximum atomic E-state index is 13.5. The van der Waals surface area contributed by atoms with E-state index in [1.165, 1.54) is 18.0 Å². The van der Waals surface area contributed by atoms with Crippen molar-refractivity contribution in [2.45, 2.75) is 53.1 Å². The fraction of sp³-hybridized carbons (Fsp3) is 0.433. The maximum absolute atomic E-state index is 13.5. The van der Waals surface area contributed by atoms with Crippen molar-refractivity contribution in [1.29, 1.82) is 0 Å². The molecule has 44 heavy (non-hydrogen) atoms. The lowest BCUT2D eigenvalue weighted by atomic mass is 10.0. The standard InChI is InChI=1S/C30H41N7O6S/c1-7-43-24(38)17-31-29(42)25(18(2)3)37-27(40)22(13-14-44-6)35-28(41)23(36-26(39)21-11-9-8-10-12-21)16-32-30-33-19(4)15-20(5)34-30/h8-12,15-16,18,22,25H,7,13-14,17H2,1-6H3,(H,31,42)(H,35,41)(H,36,39)(H,37,40)(H,32,33,34)/b23-16-. The number of amides is 4. The average molecular weight is 628 g/mol. The first kappa shape index (κ1) is 35.7. The fourth-order valence-corrected chi connectivity index (χ4v) is 4.35. The van der Waals surface area contributed by atoms with Crippen molar-refractivity contribution in [2.24, 2.45) is 5.92 Å². The first-order valence-corrected chi connectivity index (χ1v) is 15.5.